The summed E-state index contributed by atoms with van der Waals surface area (Å²) in [5.41, 5.74) is 0. The Hall–Kier alpha value is -1.14. The number of aliphatic hydroxyl groups is 1. The number of hydrogen-bond acceptors (Lipinski definition) is 4. The largest absolute Gasteiger partial charge is 0.480 e. The molecule has 2 unspecified atom stereocenters. The third kappa shape index (κ3) is 18.9. The zero-order valence-electron chi connectivity index (χ0n) is 19.5. The summed E-state index contributed by atoms with van der Waals surface area (Å²) in [6, 6.07) is -0.256. The van der Waals surface area contributed by atoms with E-state index in [2.05, 4.69) is 19.2 Å². The van der Waals surface area contributed by atoms with Crippen LogP contribution in [-0.2, 0) is 14.3 Å². The molecule has 0 rings (SSSR count). The van der Waals surface area contributed by atoms with E-state index in [-0.39, 0.29) is 25.2 Å². The predicted octanol–water partition coefficient (Wildman–Crippen LogP) is 5.21. The third-order valence-corrected chi connectivity index (χ3v) is 5.43. The van der Waals surface area contributed by atoms with E-state index in [1.807, 2.05) is 0 Å². The van der Waals surface area contributed by atoms with Crippen LogP contribution in [-0.4, -0.2) is 47.4 Å². The van der Waals surface area contributed by atoms with Gasteiger partial charge in [0.2, 0.25) is 5.91 Å². The van der Waals surface area contributed by atoms with Crippen LogP contribution in [0, 0.1) is 0 Å². The van der Waals surface area contributed by atoms with Gasteiger partial charge in [0.15, 0.2) is 0 Å². The summed E-state index contributed by atoms with van der Waals surface area (Å²) in [4.78, 5) is 22.8. The van der Waals surface area contributed by atoms with Crippen molar-refractivity contribution in [3.8, 4) is 0 Å². The molecule has 0 radical (unpaired) electrons. The summed E-state index contributed by atoms with van der Waals surface area (Å²) in [6.07, 6.45) is 17.1. The van der Waals surface area contributed by atoms with Gasteiger partial charge in [0.25, 0.3) is 0 Å². The van der Waals surface area contributed by atoms with Gasteiger partial charge in [0, 0.05) is 0 Å². The van der Waals surface area contributed by atoms with Crippen LogP contribution in [0.2, 0.25) is 0 Å². The first-order valence-corrected chi connectivity index (χ1v) is 12.3. The summed E-state index contributed by atoms with van der Waals surface area (Å²) in [5, 5.41) is 21.6. The van der Waals surface area contributed by atoms with E-state index < -0.39 is 12.1 Å². The molecule has 178 valence electrons. The van der Waals surface area contributed by atoms with E-state index >= 15 is 0 Å². The summed E-state index contributed by atoms with van der Waals surface area (Å²) >= 11 is 0. The Morgan fingerprint density at radius 1 is 0.767 bits per heavy atom. The maximum Gasteiger partial charge on any atom is 0.329 e. The molecule has 0 aromatic rings. The number of carboxylic acid groups (broad SMARTS) is 1. The van der Waals surface area contributed by atoms with Crippen molar-refractivity contribution < 1.29 is 24.5 Å². The van der Waals surface area contributed by atoms with Crippen molar-refractivity contribution in [1.82, 2.24) is 5.32 Å². The fourth-order valence-corrected chi connectivity index (χ4v) is 3.54. The Kier molecular flexibility index (Phi) is 20.3. The number of carbonyl (C=O) groups is 2. The molecular formula is C24H47NO5. The van der Waals surface area contributed by atoms with Gasteiger partial charge in [-0.2, -0.15) is 0 Å². The molecule has 0 aromatic carbocycles. The van der Waals surface area contributed by atoms with Crippen LogP contribution in [0.15, 0.2) is 0 Å². The molecule has 3 N–H and O–H groups in total. The average Bonchev–Trinajstić information content (AvgIpc) is 2.72. The minimum atomic E-state index is -1.03. The van der Waals surface area contributed by atoms with E-state index in [4.69, 9.17) is 9.84 Å². The molecule has 0 spiro atoms. The average molecular weight is 430 g/mol. The van der Waals surface area contributed by atoms with Gasteiger partial charge in [-0.15, -0.1) is 0 Å². The minimum Gasteiger partial charge on any atom is -0.480 e. The lowest BCUT2D eigenvalue weighted by Crippen LogP contribution is -2.44. The Morgan fingerprint density at radius 2 is 1.27 bits per heavy atom. The molecule has 0 bridgehead atoms. The smallest absolute Gasteiger partial charge is 0.329 e. The maximum absolute atomic E-state index is 12.2. The second-order valence-electron chi connectivity index (χ2n) is 8.45. The number of nitrogens with one attached hydrogen (secondary N) is 1. The Balaban J connectivity index is 3.77. The SMILES string of the molecule is CCCCCCCCCCCCCCC(O)C(=O)NC(CCCC)COCC(=O)O. The van der Waals surface area contributed by atoms with Crippen LogP contribution in [0.3, 0.4) is 0 Å². The predicted molar refractivity (Wildman–Crippen MR) is 122 cm³/mol. The van der Waals surface area contributed by atoms with E-state index in [1.54, 1.807) is 0 Å². The lowest BCUT2D eigenvalue weighted by Gasteiger charge is -2.20. The highest BCUT2D eigenvalue weighted by Gasteiger charge is 2.19. The quantitative estimate of drug-likeness (QED) is 0.205. The number of carboxylic acids is 1. The molecule has 0 saturated heterocycles. The number of ether oxygens (including phenoxy) is 1. The minimum absolute atomic E-state index is 0.156. The molecule has 2 atom stereocenters. The lowest BCUT2D eigenvalue weighted by molar-refractivity contribution is -0.142. The molecule has 0 aliphatic rings. The van der Waals surface area contributed by atoms with Crippen molar-refractivity contribution in [1.29, 1.82) is 0 Å². The van der Waals surface area contributed by atoms with E-state index in [9.17, 15) is 14.7 Å². The molecule has 0 aromatic heterocycles. The van der Waals surface area contributed by atoms with E-state index in [1.165, 1.54) is 57.8 Å². The number of unbranched alkanes of at least 4 members (excludes halogenated alkanes) is 12. The Labute approximate surface area is 184 Å². The number of aliphatic carboxylic acids is 1. The first-order valence-electron chi connectivity index (χ1n) is 12.3. The van der Waals surface area contributed by atoms with Crippen molar-refractivity contribution in [2.75, 3.05) is 13.2 Å². The standard InChI is InChI=1S/C24H47NO5/c1-3-5-7-8-9-10-11-12-13-14-15-16-18-22(26)24(29)25-21(17-6-4-2)19-30-20-23(27)28/h21-22,26H,3-20H2,1-2H3,(H,25,29)(H,27,28). The second kappa shape index (κ2) is 21.1. The molecule has 0 aliphatic carbocycles. The fraction of sp³-hybridized carbons (Fsp3) is 0.917. The molecule has 6 nitrogen and oxygen atoms in total. The van der Waals surface area contributed by atoms with Gasteiger partial charge in [-0.3, -0.25) is 4.79 Å². The van der Waals surface area contributed by atoms with Gasteiger partial charge in [0.1, 0.15) is 12.7 Å². The molecule has 0 saturated carbocycles. The van der Waals surface area contributed by atoms with Crippen molar-refractivity contribution in [2.45, 2.75) is 129 Å². The Bertz CT molecular complexity index is 416. The normalized spacial score (nSPS) is 13.2. The van der Waals surface area contributed by atoms with E-state index in [0.717, 1.165) is 32.1 Å². The highest BCUT2D eigenvalue weighted by molar-refractivity contribution is 5.80. The van der Waals surface area contributed by atoms with Crippen molar-refractivity contribution in [2.24, 2.45) is 0 Å². The van der Waals surface area contributed by atoms with Gasteiger partial charge >= 0.3 is 5.97 Å². The summed E-state index contributed by atoms with van der Waals surface area (Å²) in [5.74, 6) is -1.40. The highest BCUT2D eigenvalue weighted by Crippen LogP contribution is 2.13. The van der Waals surface area contributed by atoms with Crippen LogP contribution < -0.4 is 5.32 Å². The lowest BCUT2D eigenvalue weighted by atomic mass is 10.0. The van der Waals surface area contributed by atoms with Crippen LogP contribution in [0.5, 0.6) is 0 Å². The first-order chi connectivity index (χ1) is 14.5. The summed E-state index contributed by atoms with van der Waals surface area (Å²) in [6.45, 7) is 4.08. The van der Waals surface area contributed by atoms with Crippen molar-refractivity contribution in [3.05, 3.63) is 0 Å². The van der Waals surface area contributed by atoms with Crippen LogP contribution in [0.1, 0.15) is 117 Å². The number of aliphatic hydroxyl groups excluding tert-OH is 1. The van der Waals surface area contributed by atoms with Crippen molar-refractivity contribution in [3.63, 3.8) is 0 Å². The topological polar surface area (TPSA) is 95.9 Å². The summed E-state index contributed by atoms with van der Waals surface area (Å²) in [7, 11) is 0. The molecule has 0 aliphatic heterocycles. The van der Waals surface area contributed by atoms with Crippen LogP contribution in [0.4, 0.5) is 0 Å². The van der Waals surface area contributed by atoms with Gasteiger partial charge < -0.3 is 20.3 Å². The monoisotopic (exact) mass is 429 g/mol. The molecule has 30 heavy (non-hydrogen) atoms. The maximum atomic E-state index is 12.2. The highest BCUT2D eigenvalue weighted by atomic mass is 16.5. The number of hydrogen-bond donors (Lipinski definition) is 3. The second-order valence-corrected chi connectivity index (χ2v) is 8.45. The molecular weight excluding hydrogens is 382 g/mol. The third-order valence-electron chi connectivity index (χ3n) is 5.43. The molecule has 0 heterocycles. The van der Waals surface area contributed by atoms with Gasteiger partial charge in [-0.05, 0) is 12.8 Å². The molecule has 1 amide bonds. The van der Waals surface area contributed by atoms with Crippen LogP contribution in [0.25, 0.3) is 0 Å². The first kappa shape index (κ1) is 28.9. The van der Waals surface area contributed by atoms with Gasteiger partial charge in [-0.1, -0.05) is 104 Å². The van der Waals surface area contributed by atoms with Gasteiger partial charge in [0.05, 0.1) is 12.6 Å². The van der Waals surface area contributed by atoms with E-state index in [0.29, 0.717) is 12.8 Å². The number of carbonyl (C=O) groups excluding carboxylic acids is 1. The van der Waals surface area contributed by atoms with Gasteiger partial charge in [-0.25, -0.2) is 4.79 Å². The Morgan fingerprint density at radius 3 is 1.77 bits per heavy atom. The summed E-state index contributed by atoms with van der Waals surface area (Å²) < 4.78 is 5.12. The molecule has 0 fully saturated rings. The zero-order chi connectivity index (χ0) is 22.5. The fourth-order valence-electron chi connectivity index (χ4n) is 3.54. The van der Waals surface area contributed by atoms with Crippen LogP contribution >= 0.6 is 0 Å². The molecule has 6 heteroatoms. The number of amides is 1. The zero-order valence-corrected chi connectivity index (χ0v) is 19.5. The number of rotatable bonds is 22. The van der Waals surface area contributed by atoms with Crippen molar-refractivity contribution >= 4 is 11.9 Å².